The van der Waals surface area contributed by atoms with Crippen LogP contribution in [0.5, 0.6) is 0 Å². The van der Waals surface area contributed by atoms with Gasteiger partial charge in [-0.25, -0.2) is 0 Å². The lowest BCUT2D eigenvalue weighted by molar-refractivity contribution is 0.604. The quantitative estimate of drug-likeness (QED) is 0.614. The van der Waals surface area contributed by atoms with E-state index in [1.807, 2.05) is 11.3 Å². The fourth-order valence-electron chi connectivity index (χ4n) is 2.15. The maximum absolute atomic E-state index is 6.69. The molecule has 0 aliphatic heterocycles. The van der Waals surface area contributed by atoms with Gasteiger partial charge in [-0.3, -0.25) is 0 Å². The lowest BCUT2D eigenvalue weighted by Crippen LogP contribution is -2.07. The van der Waals surface area contributed by atoms with Gasteiger partial charge in [0.25, 0.3) is 0 Å². The van der Waals surface area contributed by atoms with Crippen LogP contribution in [-0.4, -0.2) is 0 Å². The number of hydrogen-bond donors (Lipinski definition) is 0. The molecule has 0 amide bonds. The molecule has 0 bridgehead atoms. The lowest BCUT2D eigenvalue weighted by atomic mass is 9.95. The van der Waals surface area contributed by atoms with E-state index in [2.05, 4.69) is 64.1 Å². The van der Waals surface area contributed by atoms with Crippen LogP contribution in [0.1, 0.15) is 54.0 Å². The van der Waals surface area contributed by atoms with E-state index in [-0.39, 0.29) is 10.8 Å². The van der Waals surface area contributed by atoms with Crippen molar-refractivity contribution in [2.75, 3.05) is 0 Å². The number of aryl methyl sites for hydroxylation is 1. The largest absolute Gasteiger partial charge is 0.143 e. The average molecular weight is 293 g/mol. The van der Waals surface area contributed by atoms with Crippen LogP contribution in [-0.2, 0) is 11.8 Å². The molecule has 0 aliphatic rings. The van der Waals surface area contributed by atoms with Crippen LogP contribution in [0.15, 0.2) is 36.4 Å². The maximum atomic E-state index is 6.69. The third kappa shape index (κ3) is 3.21. The van der Waals surface area contributed by atoms with E-state index in [4.69, 9.17) is 11.6 Å². The Labute approximate surface area is 125 Å². The van der Waals surface area contributed by atoms with Crippen molar-refractivity contribution >= 4 is 22.9 Å². The van der Waals surface area contributed by atoms with Crippen molar-refractivity contribution in [2.24, 2.45) is 0 Å². The Bertz CT molecular complexity index is 548. The Hall–Kier alpha value is -0.790. The van der Waals surface area contributed by atoms with Crippen LogP contribution < -0.4 is 0 Å². The fourth-order valence-corrected chi connectivity index (χ4v) is 3.63. The topological polar surface area (TPSA) is 0 Å². The predicted molar refractivity (Wildman–Crippen MR) is 86.5 cm³/mol. The second-order valence-electron chi connectivity index (χ2n) is 5.87. The van der Waals surface area contributed by atoms with Gasteiger partial charge in [-0.2, -0.15) is 0 Å². The molecule has 1 atom stereocenters. The molecule has 0 saturated carbocycles. The molecule has 2 rings (SSSR count). The van der Waals surface area contributed by atoms with Crippen molar-refractivity contribution in [2.45, 2.75) is 44.9 Å². The minimum atomic E-state index is -0.0303. The first-order valence-electron chi connectivity index (χ1n) is 6.75. The summed E-state index contributed by atoms with van der Waals surface area (Å²) in [6.07, 6.45) is 1.02. The number of alkyl halides is 1. The van der Waals surface area contributed by atoms with Gasteiger partial charge in [0.2, 0.25) is 0 Å². The molecule has 0 saturated heterocycles. The average Bonchev–Trinajstić information content (AvgIpc) is 2.87. The summed E-state index contributed by atoms with van der Waals surface area (Å²) in [5, 5.41) is -0.0303. The zero-order valence-corrected chi connectivity index (χ0v) is 13.6. The highest BCUT2D eigenvalue weighted by molar-refractivity contribution is 7.12. The van der Waals surface area contributed by atoms with Gasteiger partial charge in [0.05, 0.1) is 5.38 Å². The van der Waals surface area contributed by atoms with Crippen LogP contribution in [0.3, 0.4) is 0 Å². The minimum Gasteiger partial charge on any atom is -0.143 e. The van der Waals surface area contributed by atoms with Crippen LogP contribution in [0.2, 0.25) is 0 Å². The molecule has 19 heavy (non-hydrogen) atoms. The van der Waals surface area contributed by atoms with E-state index in [1.165, 1.54) is 20.9 Å². The Balaban J connectivity index is 2.34. The smallest absolute Gasteiger partial charge is 0.0930 e. The standard InChI is InChI=1S/C17H21ClS/c1-5-12-8-6-7-9-13(12)16(18)14-10-11-15(19-14)17(2,3)4/h6-11,16H,5H2,1-4H3. The van der Waals surface area contributed by atoms with Crippen molar-refractivity contribution in [3.8, 4) is 0 Å². The molecular weight excluding hydrogens is 272 g/mol. The summed E-state index contributed by atoms with van der Waals surface area (Å²) in [7, 11) is 0. The number of benzene rings is 1. The monoisotopic (exact) mass is 292 g/mol. The van der Waals surface area contributed by atoms with E-state index in [0.29, 0.717) is 0 Å². The third-order valence-electron chi connectivity index (χ3n) is 3.32. The van der Waals surface area contributed by atoms with Crippen molar-refractivity contribution in [3.63, 3.8) is 0 Å². The summed E-state index contributed by atoms with van der Waals surface area (Å²) < 4.78 is 0. The molecule has 1 unspecified atom stereocenters. The Morgan fingerprint density at radius 3 is 2.37 bits per heavy atom. The molecule has 0 radical (unpaired) electrons. The van der Waals surface area contributed by atoms with Crippen LogP contribution in [0.25, 0.3) is 0 Å². The summed E-state index contributed by atoms with van der Waals surface area (Å²) in [6, 6.07) is 12.9. The maximum Gasteiger partial charge on any atom is 0.0930 e. The molecule has 102 valence electrons. The first-order chi connectivity index (χ1) is 8.93. The summed E-state index contributed by atoms with van der Waals surface area (Å²) >= 11 is 8.52. The van der Waals surface area contributed by atoms with Gasteiger partial charge in [-0.1, -0.05) is 52.0 Å². The summed E-state index contributed by atoms with van der Waals surface area (Å²) in [5.41, 5.74) is 2.78. The van der Waals surface area contributed by atoms with Crippen molar-refractivity contribution in [1.29, 1.82) is 0 Å². The van der Waals surface area contributed by atoms with Crippen LogP contribution in [0, 0.1) is 0 Å². The van der Waals surface area contributed by atoms with Crippen molar-refractivity contribution in [3.05, 3.63) is 57.3 Å². The number of thiophene rings is 1. The molecule has 0 N–H and O–H groups in total. The van der Waals surface area contributed by atoms with Gasteiger partial charge in [0.15, 0.2) is 0 Å². The molecule has 1 heterocycles. The first kappa shape index (κ1) is 14.6. The summed E-state index contributed by atoms with van der Waals surface area (Å²) in [5.74, 6) is 0. The second kappa shape index (κ2) is 5.68. The van der Waals surface area contributed by atoms with Crippen LogP contribution in [0.4, 0.5) is 0 Å². The Morgan fingerprint density at radius 2 is 1.79 bits per heavy atom. The zero-order valence-electron chi connectivity index (χ0n) is 12.0. The highest BCUT2D eigenvalue weighted by atomic mass is 35.5. The summed E-state index contributed by atoms with van der Waals surface area (Å²) in [4.78, 5) is 2.63. The Morgan fingerprint density at radius 1 is 1.11 bits per heavy atom. The van der Waals surface area contributed by atoms with Gasteiger partial charge in [0.1, 0.15) is 0 Å². The van der Waals surface area contributed by atoms with Crippen molar-refractivity contribution < 1.29 is 0 Å². The van der Waals surface area contributed by atoms with Gasteiger partial charge < -0.3 is 0 Å². The van der Waals surface area contributed by atoms with E-state index in [1.54, 1.807) is 0 Å². The number of halogens is 1. The lowest BCUT2D eigenvalue weighted by Gasteiger charge is -2.16. The highest BCUT2D eigenvalue weighted by Gasteiger charge is 2.20. The highest BCUT2D eigenvalue weighted by Crippen LogP contribution is 2.38. The SMILES string of the molecule is CCc1ccccc1C(Cl)c1ccc(C(C)(C)C)s1. The molecule has 0 fully saturated rings. The normalized spacial score (nSPS) is 13.5. The summed E-state index contributed by atoms with van der Waals surface area (Å²) in [6.45, 7) is 8.90. The molecule has 0 spiro atoms. The second-order valence-corrected chi connectivity index (χ2v) is 7.42. The minimum absolute atomic E-state index is 0.0303. The molecular formula is C17H21ClS. The van der Waals surface area contributed by atoms with Crippen LogP contribution >= 0.6 is 22.9 Å². The van der Waals surface area contributed by atoms with E-state index < -0.39 is 0 Å². The molecule has 2 heteroatoms. The predicted octanol–water partition coefficient (Wildman–Crippen LogP) is 5.94. The molecule has 2 aromatic rings. The molecule has 0 nitrogen and oxygen atoms in total. The fraction of sp³-hybridized carbons (Fsp3) is 0.412. The van der Waals surface area contributed by atoms with Gasteiger partial charge in [-0.15, -0.1) is 22.9 Å². The van der Waals surface area contributed by atoms with E-state index >= 15 is 0 Å². The first-order valence-corrected chi connectivity index (χ1v) is 8.01. The Kier molecular flexibility index (Phi) is 4.37. The molecule has 0 aliphatic carbocycles. The molecule has 1 aromatic heterocycles. The van der Waals surface area contributed by atoms with Crippen molar-refractivity contribution in [1.82, 2.24) is 0 Å². The number of hydrogen-bond acceptors (Lipinski definition) is 1. The van der Waals surface area contributed by atoms with E-state index in [0.717, 1.165) is 6.42 Å². The van der Waals surface area contributed by atoms with Gasteiger partial charge >= 0.3 is 0 Å². The van der Waals surface area contributed by atoms with Gasteiger partial charge in [-0.05, 0) is 35.1 Å². The molecule has 1 aromatic carbocycles. The van der Waals surface area contributed by atoms with Gasteiger partial charge in [0, 0.05) is 9.75 Å². The zero-order chi connectivity index (χ0) is 14.0. The van der Waals surface area contributed by atoms with E-state index in [9.17, 15) is 0 Å². The third-order valence-corrected chi connectivity index (χ3v) is 5.50. The number of rotatable bonds is 3.